The number of benzene rings is 1. The summed E-state index contributed by atoms with van der Waals surface area (Å²) in [7, 11) is 0. The summed E-state index contributed by atoms with van der Waals surface area (Å²) >= 11 is 3.32. The standard InChI is InChI=1S/C13H12BrNO4/c1-3-13(2)18-11(16)10(12(17)19-13)15-9-7-5-4-6-8(9)14/h3-7,10,15H,1H2,2H3. The molecule has 1 aromatic carbocycles. The van der Waals surface area contributed by atoms with Crippen LogP contribution in [0.5, 0.6) is 0 Å². The van der Waals surface area contributed by atoms with Crippen LogP contribution in [0.25, 0.3) is 0 Å². The van der Waals surface area contributed by atoms with Crippen LogP contribution in [0.3, 0.4) is 0 Å². The first-order valence-electron chi connectivity index (χ1n) is 5.55. The van der Waals surface area contributed by atoms with Gasteiger partial charge in [0.25, 0.3) is 5.79 Å². The number of rotatable bonds is 3. The molecule has 0 atom stereocenters. The summed E-state index contributed by atoms with van der Waals surface area (Å²) in [6.45, 7) is 4.91. The third-order valence-electron chi connectivity index (χ3n) is 2.62. The molecule has 19 heavy (non-hydrogen) atoms. The molecule has 5 nitrogen and oxygen atoms in total. The van der Waals surface area contributed by atoms with Crippen molar-refractivity contribution in [2.75, 3.05) is 5.32 Å². The Morgan fingerprint density at radius 1 is 1.32 bits per heavy atom. The number of nitrogens with one attached hydrogen (secondary N) is 1. The van der Waals surface area contributed by atoms with Crippen molar-refractivity contribution in [3.05, 3.63) is 41.4 Å². The van der Waals surface area contributed by atoms with E-state index >= 15 is 0 Å². The number of anilines is 1. The summed E-state index contributed by atoms with van der Waals surface area (Å²) in [6.07, 6.45) is 1.26. The zero-order valence-corrected chi connectivity index (χ0v) is 11.8. The second-order valence-corrected chi connectivity index (χ2v) is 4.97. The van der Waals surface area contributed by atoms with Gasteiger partial charge in [-0.2, -0.15) is 0 Å². The Bertz CT molecular complexity index is 525. The van der Waals surface area contributed by atoms with E-state index in [0.29, 0.717) is 5.69 Å². The maximum atomic E-state index is 11.8. The van der Waals surface area contributed by atoms with Gasteiger partial charge in [-0.15, -0.1) is 0 Å². The molecule has 0 spiro atoms. The monoisotopic (exact) mass is 325 g/mol. The quantitative estimate of drug-likeness (QED) is 0.524. The highest BCUT2D eigenvalue weighted by atomic mass is 79.9. The molecule has 1 fully saturated rings. The first-order chi connectivity index (χ1) is 8.95. The van der Waals surface area contributed by atoms with Gasteiger partial charge in [0, 0.05) is 17.1 Å². The van der Waals surface area contributed by atoms with Crippen molar-refractivity contribution in [3.63, 3.8) is 0 Å². The minimum atomic E-state index is -1.40. The average Bonchev–Trinajstić information content (AvgIpc) is 2.36. The molecule has 1 aliphatic rings. The van der Waals surface area contributed by atoms with Crippen molar-refractivity contribution in [3.8, 4) is 0 Å². The largest absolute Gasteiger partial charge is 0.417 e. The van der Waals surface area contributed by atoms with Crippen LogP contribution in [-0.4, -0.2) is 23.8 Å². The third kappa shape index (κ3) is 2.78. The van der Waals surface area contributed by atoms with Gasteiger partial charge in [-0.05, 0) is 34.1 Å². The van der Waals surface area contributed by atoms with Crippen LogP contribution in [0.4, 0.5) is 5.69 Å². The van der Waals surface area contributed by atoms with Crippen LogP contribution in [0.15, 0.2) is 41.4 Å². The lowest BCUT2D eigenvalue weighted by atomic mass is 10.2. The maximum Gasteiger partial charge on any atom is 0.343 e. The molecule has 0 radical (unpaired) electrons. The predicted molar refractivity (Wildman–Crippen MR) is 72.3 cm³/mol. The van der Waals surface area contributed by atoms with Crippen LogP contribution >= 0.6 is 15.9 Å². The number of cyclic esters (lactones) is 2. The van der Waals surface area contributed by atoms with Crippen LogP contribution < -0.4 is 5.32 Å². The fourth-order valence-corrected chi connectivity index (χ4v) is 1.97. The van der Waals surface area contributed by atoms with Gasteiger partial charge >= 0.3 is 11.9 Å². The van der Waals surface area contributed by atoms with E-state index in [0.717, 1.165) is 4.47 Å². The Morgan fingerprint density at radius 3 is 2.42 bits per heavy atom. The number of carbonyl (C=O) groups is 2. The number of esters is 2. The summed E-state index contributed by atoms with van der Waals surface area (Å²) < 4.78 is 10.8. The molecule has 1 aromatic rings. The van der Waals surface area contributed by atoms with E-state index in [1.54, 1.807) is 18.2 Å². The van der Waals surface area contributed by atoms with Crippen LogP contribution in [0.1, 0.15) is 6.92 Å². The molecule has 1 heterocycles. The number of hydrogen-bond donors (Lipinski definition) is 1. The molecule has 0 bridgehead atoms. The molecule has 2 rings (SSSR count). The summed E-state index contributed by atoms with van der Waals surface area (Å²) in [4.78, 5) is 23.7. The topological polar surface area (TPSA) is 64.6 Å². The fraction of sp³-hybridized carbons (Fsp3) is 0.231. The van der Waals surface area contributed by atoms with Gasteiger partial charge in [0.05, 0.1) is 0 Å². The predicted octanol–water partition coefficient (Wildman–Crippen LogP) is 2.23. The van der Waals surface area contributed by atoms with E-state index in [9.17, 15) is 9.59 Å². The van der Waals surface area contributed by atoms with E-state index in [4.69, 9.17) is 9.47 Å². The molecular weight excluding hydrogens is 314 g/mol. The summed E-state index contributed by atoms with van der Waals surface area (Å²) in [5.41, 5.74) is 0.601. The Kier molecular flexibility index (Phi) is 3.61. The van der Waals surface area contributed by atoms with Crippen molar-refractivity contribution in [2.45, 2.75) is 18.8 Å². The molecule has 1 N–H and O–H groups in total. The maximum absolute atomic E-state index is 11.8. The second-order valence-electron chi connectivity index (χ2n) is 4.12. The number of carbonyl (C=O) groups excluding carboxylic acids is 2. The van der Waals surface area contributed by atoms with Crippen molar-refractivity contribution >= 4 is 33.6 Å². The number of hydrogen-bond acceptors (Lipinski definition) is 5. The molecule has 0 saturated carbocycles. The van der Waals surface area contributed by atoms with Gasteiger partial charge in [0.2, 0.25) is 6.04 Å². The normalized spacial score (nSPS) is 26.3. The molecule has 1 aliphatic heterocycles. The highest BCUT2D eigenvalue weighted by Crippen LogP contribution is 2.26. The number of halogens is 1. The highest BCUT2D eigenvalue weighted by Gasteiger charge is 2.44. The van der Waals surface area contributed by atoms with Gasteiger partial charge in [-0.3, -0.25) is 0 Å². The molecule has 6 heteroatoms. The minimum absolute atomic E-state index is 0.601. The van der Waals surface area contributed by atoms with Crippen molar-refractivity contribution in [2.24, 2.45) is 0 Å². The minimum Gasteiger partial charge on any atom is -0.417 e. The second kappa shape index (κ2) is 5.05. The van der Waals surface area contributed by atoms with Crippen LogP contribution in [0, 0.1) is 0 Å². The van der Waals surface area contributed by atoms with E-state index in [2.05, 4.69) is 27.8 Å². The summed E-state index contributed by atoms with van der Waals surface area (Å²) in [6, 6.07) is 5.93. The molecular formula is C13H12BrNO4. The zero-order chi connectivity index (χ0) is 14.0. The van der Waals surface area contributed by atoms with E-state index in [-0.39, 0.29) is 0 Å². The first-order valence-corrected chi connectivity index (χ1v) is 6.35. The van der Waals surface area contributed by atoms with Crippen molar-refractivity contribution in [1.29, 1.82) is 0 Å². The highest BCUT2D eigenvalue weighted by molar-refractivity contribution is 9.10. The Hall–Kier alpha value is -1.82. The van der Waals surface area contributed by atoms with Gasteiger partial charge in [0.1, 0.15) is 0 Å². The Balaban J connectivity index is 2.19. The van der Waals surface area contributed by atoms with Gasteiger partial charge in [0.15, 0.2) is 0 Å². The van der Waals surface area contributed by atoms with Gasteiger partial charge < -0.3 is 14.8 Å². The van der Waals surface area contributed by atoms with E-state index in [1.165, 1.54) is 13.0 Å². The van der Waals surface area contributed by atoms with Crippen LogP contribution in [-0.2, 0) is 19.1 Å². The number of ether oxygens (including phenoxy) is 2. The van der Waals surface area contributed by atoms with E-state index in [1.807, 2.05) is 6.07 Å². The van der Waals surface area contributed by atoms with E-state index < -0.39 is 23.8 Å². The lowest BCUT2D eigenvalue weighted by Crippen LogP contribution is -2.53. The SMILES string of the molecule is C=CC1(C)OC(=O)C(Nc2ccccc2Br)C(=O)O1. The van der Waals surface area contributed by atoms with Gasteiger partial charge in [-0.25, -0.2) is 9.59 Å². The fourth-order valence-electron chi connectivity index (χ4n) is 1.57. The molecule has 0 amide bonds. The molecule has 0 unspecified atom stereocenters. The van der Waals surface area contributed by atoms with Gasteiger partial charge in [-0.1, -0.05) is 18.7 Å². The number of para-hydroxylation sites is 1. The first kappa shape index (κ1) is 13.6. The lowest BCUT2D eigenvalue weighted by molar-refractivity contribution is -0.223. The van der Waals surface area contributed by atoms with Crippen molar-refractivity contribution in [1.82, 2.24) is 0 Å². The Morgan fingerprint density at radius 2 is 1.89 bits per heavy atom. The molecule has 0 aromatic heterocycles. The third-order valence-corrected chi connectivity index (χ3v) is 3.31. The van der Waals surface area contributed by atoms with Crippen molar-refractivity contribution < 1.29 is 19.1 Å². The molecule has 1 saturated heterocycles. The zero-order valence-electron chi connectivity index (χ0n) is 10.2. The Labute approximate surface area is 118 Å². The molecule has 100 valence electrons. The smallest absolute Gasteiger partial charge is 0.343 e. The summed E-state index contributed by atoms with van der Waals surface area (Å²) in [5.74, 6) is -2.80. The summed E-state index contributed by atoms with van der Waals surface area (Å²) in [5, 5.41) is 2.78. The molecule has 0 aliphatic carbocycles. The van der Waals surface area contributed by atoms with Crippen LogP contribution in [0.2, 0.25) is 0 Å². The lowest BCUT2D eigenvalue weighted by Gasteiger charge is -2.33. The average molecular weight is 326 g/mol.